The van der Waals surface area contributed by atoms with Gasteiger partial charge in [0.1, 0.15) is 5.54 Å². The molecule has 0 radical (unpaired) electrons. The number of amides is 1. The average Bonchev–Trinajstić information content (AvgIpc) is 2.37. The Morgan fingerprint density at radius 1 is 1.35 bits per heavy atom. The SMILES string of the molecule is CCc1ccc(N(C)CC(C)(NC(C)C)C(N)=O)cc1. The summed E-state index contributed by atoms with van der Waals surface area (Å²) in [5.41, 5.74) is 7.21. The maximum absolute atomic E-state index is 11.8. The van der Waals surface area contributed by atoms with Gasteiger partial charge >= 0.3 is 0 Å². The van der Waals surface area contributed by atoms with Crippen LogP contribution in [0.2, 0.25) is 0 Å². The van der Waals surface area contributed by atoms with E-state index in [0.717, 1.165) is 12.1 Å². The van der Waals surface area contributed by atoms with Crippen molar-refractivity contribution in [1.82, 2.24) is 5.32 Å². The molecule has 4 nitrogen and oxygen atoms in total. The van der Waals surface area contributed by atoms with Crippen molar-refractivity contribution >= 4 is 11.6 Å². The monoisotopic (exact) mass is 277 g/mol. The van der Waals surface area contributed by atoms with Crippen molar-refractivity contribution in [3.05, 3.63) is 29.8 Å². The molecule has 0 aliphatic heterocycles. The number of nitrogens with zero attached hydrogens (tertiary/aromatic N) is 1. The highest BCUT2D eigenvalue weighted by Gasteiger charge is 2.32. The number of likely N-dealkylation sites (N-methyl/N-ethyl adjacent to an activating group) is 1. The predicted molar refractivity (Wildman–Crippen MR) is 85.0 cm³/mol. The Labute approximate surface area is 122 Å². The molecule has 0 bridgehead atoms. The number of nitrogens with one attached hydrogen (secondary N) is 1. The molecule has 0 heterocycles. The van der Waals surface area contributed by atoms with Gasteiger partial charge in [-0.2, -0.15) is 0 Å². The van der Waals surface area contributed by atoms with E-state index < -0.39 is 5.54 Å². The van der Waals surface area contributed by atoms with Gasteiger partial charge in [0.25, 0.3) is 0 Å². The smallest absolute Gasteiger partial charge is 0.239 e. The summed E-state index contributed by atoms with van der Waals surface area (Å²) in [6.45, 7) is 8.54. The summed E-state index contributed by atoms with van der Waals surface area (Å²) in [6.07, 6.45) is 1.03. The second-order valence-corrected chi connectivity index (χ2v) is 5.87. The summed E-state index contributed by atoms with van der Waals surface area (Å²) in [5, 5.41) is 3.26. The molecule has 0 aliphatic carbocycles. The number of anilines is 1. The molecule has 4 heteroatoms. The van der Waals surface area contributed by atoms with Gasteiger partial charge in [0, 0.05) is 25.3 Å². The van der Waals surface area contributed by atoms with E-state index in [1.807, 2.05) is 27.8 Å². The molecule has 1 unspecified atom stereocenters. The number of carbonyl (C=O) groups is 1. The molecule has 0 saturated heterocycles. The number of benzene rings is 1. The Bertz CT molecular complexity index is 442. The maximum Gasteiger partial charge on any atom is 0.239 e. The van der Waals surface area contributed by atoms with E-state index in [9.17, 15) is 4.79 Å². The lowest BCUT2D eigenvalue weighted by Crippen LogP contribution is -2.61. The van der Waals surface area contributed by atoms with Crippen molar-refractivity contribution in [3.8, 4) is 0 Å². The third-order valence-corrected chi connectivity index (χ3v) is 3.49. The van der Waals surface area contributed by atoms with Crippen LogP contribution in [0.1, 0.15) is 33.3 Å². The molecular weight excluding hydrogens is 250 g/mol. The molecule has 0 spiro atoms. The maximum atomic E-state index is 11.8. The Morgan fingerprint density at radius 3 is 2.30 bits per heavy atom. The van der Waals surface area contributed by atoms with Crippen LogP contribution >= 0.6 is 0 Å². The van der Waals surface area contributed by atoms with Crippen LogP contribution in [0.4, 0.5) is 5.69 Å². The lowest BCUT2D eigenvalue weighted by Gasteiger charge is -2.34. The Morgan fingerprint density at radius 2 is 1.90 bits per heavy atom. The van der Waals surface area contributed by atoms with Crippen molar-refractivity contribution in [2.45, 2.75) is 45.7 Å². The minimum absolute atomic E-state index is 0.198. The molecule has 112 valence electrons. The van der Waals surface area contributed by atoms with Crippen LogP contribution in [-0.2, 0) is 11.2 Å². The molecule has 0 aromatic heterocycles. The summed E-state index contributed by atoms with van der Waals surface area (Å²) in [7, 11) is 1.98. The van der Waals surface area contributed by atoms with Gasteiger partial charge in [-0.15, -0.1) is 0 Å². The minimum Gasteiger partial charge on any atom is -0.372 e. The fraction of sp³-hybridized carbons (Fsp3) is 0.562. The molecule has 1 amide bonds. The van der Waals surface area contributed by atoms with E-state index >= 15 is 0 Å². The number of primary amides is 1. The Hall–Kier alpha value is -1.55. The first-order chi connectivity index (χ1) is 9.28. The summed E-state index contributed by atoms with van der Waals surface area (Å²) in [6, 6.07) is 8.58. The standard InChI is InChI=1S/C16H27N3O/c1-6-13-7-9-14(10-8-13)19(5)11-16(4,15(17)20)18-12(2)3/h7-10,12,18H,6,11H2,1-5H3,(H2,17,20). The molecule has 0 fully saturated rings. The molecule has 3 N–H and O–H groups in total. The van der Waals surface area contributed by atoms with E-state index in [-0.39, 0.29) is 11.9 Å². The van der Waals surface area contributed by atoms with Crippen molar-refractivity contribution in [3.63, 3.8) is 0 Å². The predicted octanol–water partition coefficient (Wildman–Crippen LogP) is 1.93. The van der Waals surface area contributed by atoms with Crippen LogP contribution in [0.5, 0.6) is 0 Å². The van der Waals surface area contributed by atoms with Gasteiger partial charge in [0.15, 0.2) is 0 Å². The number of carbonyl (C=O) groups excluding carboxylic acids is 1. The number of hydrogen-bond donors (Lipinski definition) is 2. The highest BCUT2D eigenvalue weighted by atomic mass is 16.1. The number of nitrogens with two attached hydrogens (primary N) is 1. The zero-order chi connectivity index (χ0) is 15.3. The van der Waals surface area contributed by atoms with E-state index in [1.165, 1.54) is 5.56 Å². The third kappa shape index (κ3) is 4.23. The molecular formula is C16H27N3O. The van der Waals surface area contributed by atoms with Gasteiger partial charge in [0.2, 0.25) is 5.91 Å². The molecule has 1 rings (SSSR count). The fourth-order valence-electron chi connectivity index (χ4n) is 2.38. The van der Waals surface area contributed by atoms with Crippen molar-refractivity contribution in [2.24, 2.45) is 5.73 Å². The molecule has 1 aromatic carbocycles. The van der Waals surface area contributed by atoms with Gasteiger partial charge in [-0.05, 0) is 44.9 Å². The van der Waals surface area contributed by atoms with Crippen molar-refractivity contribution < 1.29 is 4.79 Å². The second-order valence-electron chi connectivity index (χ2n) is 5.87. The minimum atomic E-state index is -0.744. The van der Waals surface area contributed by atoms with Crippen LogP contribution in [0, 0.1) is 0 Å². The van der Waals surface area contributed by atoms with Crippen molar-refractivity contribution in [2.75, 3.05) is 18.5 Å². The molecule has 20 heavy (non-hydrogen) atoms. The average molecular weight is 277 g/mol. The number of rotatable bonds is 7. The summed E-state index contributed by atoms with van der Waals surface area (Å²) >= 11 is 0. The second kappa shape index (κ2) is 6.75. The van der Waals surface area contributed by atoms with Crippen LogP contribution in [0.3, 0.4) is 0 Å². The van der Waals surface area contributed by atoms with Gasteiger partial charge in [-0.3, -0.25) is 10.1 Å². The highest BCUT2D eigenvalue weighted by molar-refractivity contribution is 5.85. The van der Waals surface area contributed by atoms with E-state index in [0.29, 0.717) is 6.54 Å². The Kier molecular flexibility index (Phi) is 5.57. The topological polar surface area (TPSA) is 58.4 Å². The van der Waals surface area contributed by atoms with Crippen LogP contribution in [0.15, 0.2) is 24.3 Å². The van der Waals surface area contributed by atoms with Crippen LogP contribution < -0.4 is 16.0 Å². The molecule has 1 aromatic rings. The quantitative estimate of drug-likeness (QED) is 0.800. The van der Waals surface area contributed by atoms with Gasteiger partial charge in [-0.1, -0.05) is 19.1 Å². The summed E-state index contributed by atoms with van der Waals surface area (Å²) < 4.78 is 0. The van der Waals surface area contributed by atoms with E-state index in [2.05, 4.69) is 41.4 Å². The molecule has 0 saturated carbocycles. The van der Waals surface area contributed by atoms with Crippen molar-refractivity contribution in [1.29, 1.82) is 0 Å². The van der Waals surface area contributed by atoms with E-state index in [4.69, 9.17) is 5.73 Å². The number of aryl methyl sites for hydroxylation is 1. The zero-order valence-electron chi connectivity index (χ0n) is 13.2. The van der Waals surface area contributed by atoms with Gasteiger partial charge < -0.3 is 10.6 Å². The lowest BCUT2D eigenvalue weighted by molar-refractivity contribution is -0.123. The Balaban J connectivity index is 2.84. The van der Waals surface area contributed by atoms with Crippen LogP contribution in [0.25, 0.3) is 0 Å². The van der Waals surface area contributed by atoms with Gasteiger partial charge in [-0.25, -0.2) is 0 Å². The lowest BCUT2D eigenvalue weighted by atomic mass is 9.99. The first-order valence-corrected chi connectivity index (χ1v) is 7.16. The molecule has 1 atom stereocenters. The first-order valence-electron chi connectivity index (χ1n) is 7.16. The van der Waals surface area contributed by atoms with Gasteiger partial charge in [0.05, 0.1) is 0 Å². The first kappa shape index (κ1) is 16.5. The zero-order valence-corrected chi connectivity index (χ0v) is 13.2. The third-order valence-electron chi connectivity index (χ3n) is 3.49. The normalized spacial score (nSPS) is 14.1. The number of hydrogen-bond acceptors (Lipinski definition) is 3. The summed E-state index contributed by atoms with van der Waals surface area (Å²) in [5.74, 6) is -0.330. The fourth-order valence-corrected chi connectivity index (χ4v) is 2.38. The highest BCUT2D eigenvalue weighted by Crippen LogP contribution is 2.17. The van der Waals surface area contributed by atoms with E-state index in [1.54, 1.807) is 0 Å². The molecule has 0 aliphatic rings. The van der Waals surface area contributed by atoms with Crippen LogP contribution in [-0.4, -0.2) is 31.1 Å². The summed E-state index contributed by atoms with van der Waals surface area (Å²) in [4.78, 5) is 13.8. The largest absolute Gasteiger partial charge is 0.372 e.